The van der Waals surface area contributed by atoms with Gasteiger partial charge in [0.25, 0.3) is 5.91 Å². The second kappa shape index (κ2) is 6.72. The highest BCUT2D eigenvalue weighted by molar-refractivity contribution is 9.10. The monoisotopic (exact) mass is 357 g/mol. The summed E-state index contributed by atoms with van der Waals surface area (Å²) in [5.41, 5.74) is 0.0281. The predicted molar refractivity (Wildman–Crippen MR) is 79.7 cm³/mol. The lowest BCUT2D eigenvalue weighted by atomic mass is 10.3. The van der Waals surface area contributed by atoms with Gasteiger partial charge in [-0.25, -0.2) is 4.39 Å². The minimum atomic E-state index is -0.662. The van der Waals surface area contributed by atoms with Gasteiger partial charge < -0.3 is 10.1 Å². The van der Waals surface area contributed by atoms with E-state index in [0.717, 1.165) is 4.47 Å². The molecule has 0 aromatic heterocycles. The number of carbonyl (C=O) groups is 1. The number of nitrogens with one attached hydrogen (secondary N) is 1. The fourth-order valence-electron chi connectivity index (χ4n) is 1.49. The average molecular weight is 359 g/mol. The van der Waals surface area contributed by atoms with Crippen LogP contribution in [0.5, 0.6) is 5.75 Å². The number of halogens is 3. The number of carbonyl (C=O) groups excluding carboxylic acids is 1. The Kier molecular flexibility index (Phi) is 4.98. The van der Waals surface area contributed by atoms with E-state index in [0.29, 0.717) is 5.75 Å². The van der Waals surface area contributed by atoms with Gasteiger partial charge in [-0.1, -0.05) is 39.7 Å². The lowest BCUT2D eigenvalue weighted by molar-refractivity contribution is -0.118. The minimum Gasteiger partial charge on any atom is -0.484 e. The van der Waals surface area contributed by atoms with Crippen LogP contribution in [-0.2, 0) is 4.79 Å². The third kappa shape index (κ3) is 3.95. The standard InChI is InChI=1S/C14H10BrClFNO2/c15-9-3-1-4-10(7-9)20-8-13(19)18-12-6-2-5-11(16)14(12)17/h1-7H,8H2,(H,18,19). The second-order valence-electron chi connectivity index (χ2n) is 3.90. The molecule has 3 nitrogen and oxygen atoms in total. The van der Waals surface area contributed by atoms with E-state index in [-0.39, 0.29) is 17.3 Å². The molecule has 0 spiro atoms. The molecule has 0 radical (unpaired) electrons. The van der Waals surface area contributed by atoms with Gasteiger partial charge in [0, 0.05) is 4.47 Å². The highest BCUT2D eigenvalue weighted by Gasteiger charge is 2.10. The Morgan fingerprint density at radius 2 is 2.05 bits per heavy atom. The highest BCUT2D eigenvalue weighted by Crippen LogP contribution is 2.22. The molecule has 0 heterocycles. The van der Waals surface area contributed by atoms with E-state index in [1.807, 2.05) is 6.07 Å². The van der Waals surface area contributed by atoms with Crippen molar-refractivity contribution in [1.29, 1.82) is 0 Å². The van der Waals surface area contributed by atoms with Crippen LogP contribution in [0.4, 0.5) is 10.1 Å². The van der Waals surface area contributed by atoms with Crippen molar-refractivity contribution in [3.63, 3.8) is 0 Å². The van der Waals surface area contributed by atoms with Crippen molar-refractivity contribution < 1.29 is 13.9 Å². The fourth-order valence-corrected chi connectivity index (χ4v) is 2.05. The number of anilines is 1. The van der Waals surface area contributed by atoms with E-state index >= 15 is 0 Å². The molecule has 2 aromatic carbocycles. The van der Waals surface area contributed by atoms with E-state index in [4.69, 9.17) is 16.3 Å². The number of ether oxygens (including phenoxy) is 1. The Morgan fingerprint density at radius 1 is 1.30 bits per heavy atom. The molecule has 2 aromatic rings. The number of rotatable bonds is 4. The fraction of sp³-hybridized carbons (Fsp3) is 0.0714. The Morgan fingerprint density at radius 3 is 2.80 bits per heavy atom. The molecule has 0 unspecified atom stereocenters. The first-order valence-corrected chi connectivity index (χ1v) is 6.85. The van der Waals surface area contributed by atoms with Gasteiger partial charge in [-0.05, 0) is 30.3 Å². The quantitative estimate of drug-likeness (QED) is 0.887. The van der Waals surface area contributed by atoms with Crippen LogP contribution in [0.25, 0.3) is 0 Å². The zero-order valence-electron chi connectivity index (χ0n) is 10.2. The van der Waals surface area contributed by atoms with Gasteiger partial charge in [-0.2, -0.15) is 0 Å². The van der Waals surface area contributed by atoms with Crippen molar-refractivity contribution in [2.24, 2.45) is 0 Å². The van der Waals surface area contributed by atoms with E-state index in [1.54, 1.807) is 24.3 Å². The smallest absolute Gasteiger partial charge is 0.262 e. The molecule has 20 heavy (non-hydrogen) atoms. The minimum absolute atomic E-state index is 0.0281. The predicted octanol–water partition coefficient (Wildman–Crippen LogP) is 4.26. The lowest BCUT2D eigenvalue weighted by Crippen LogP contribution is -2.20. The molecule has 0 aliphatic rings. The number of hydrogen-bond acceptors (Lipinski definition) is 2. The van der Waals surface area contributed by atoms with E-state index < -0.39 is 11.7 Å². The summed E-state index contributed by atoms with van der Waals surface area (Å²) in [5.74, 6) is -0.586. The first-order chi connectivity index (χ1) is 9.56. The van der Waals surface area contributed by atoms with Crippen molar-refractivity contribution in [2.75, 3.05) is 11.9 Å². The van der Waals surface area contributed by atoms with Crippen LogP contribution in [0.1, 0.15) is 0 Å². The summed E-state index contributed by atoms with van der Waals surface area (Å²) in [6, 6.07) is 11.5. The van der Waals surface area contributed by atoms with Gasteiger partial charge in [0.05, 0.1) is 10.7 Å². The maximum Gasteiger partial charge on any atom is 0.262 e. The molecular weight excluding hydrogens is 349 g/mol. The van der Waals surface area contributed by atoms with Crippen LogP contribution < -0.4 is 10.1 Å². The van der Waals surface area contributed by atoms with Crippen LogP contribution in [0, 0.1) is 5.82 Å². The molecule has 1 amide bonds. The molecule has 0 saturated carbocycles. The van der Waals surface area contributed by atoms with E-state index in [1.165, 1.54) is 12.1 Å². The molecule has 0 bridgehead atoms. The number of amides is 1. The summed E-state index contributed by atoms with van der Waals surface area (Å²) in [5, 5.41) is 2.36. The molecule has 2 rings (SSSR count). The third-order valence-electron chi connectivity index (χ3n) is 2.39. The van der Waals surface area contributed by atoms with Crippen molar-refractivity contribution in [3.05, 3.63) is 57.8 Å². The van der Waals surface area contributed by atoms with Crippen molar-refractivity contribution in [1.82, 2.24) is 0 Å². The normalized spacial score (nSPS) is 10.2. The third-order valence-corrected chi connectivity index (χ3v) is 3.18. The van der Waals surface area contributed by atoms with Crippen LogP contribution >= 0.6 is 27.5 Å². The molecule has 0 aliphatic heterocycles. The molecule has 0 atom stereocenters. The Hall–Kier alpha value is -1.59. The van der Waals surface area contributed by atoms with Crippen molar-refractivity contribution in [2.45, 2.75) is 0 Å². The van der Waals surface area contributed by atoms with Gasteiger partial charge >= 0.3 is 0 Å². The Labute approximate surface area is 128 Å². The summed E-state index contributed by atoms with van der Waals surface area (Å²) in [4.78, 5) is 11.7. The second-order valence-corrected chi connectivity index (χ2v) is 5.22. The van der Waals surface area contributed by atoms with Crippen LogP contribution in [0.2, 0.25) is 5.02 Å². The maximum absolute atomic E-state index is 13.6. The molecule has 104 valence electrons. The zero-order chi connectivity index (χ0) is 14.5. The van der Waals surface area contributed by atoms with Gasteiger partial charge in [0.15, 0.2) is 12.4 Å². The zero-order valence-corrected chi connectivity index (χ0v) is 12.5. The van der Waals surface area contributed by atoms with E-state index in [2.05, 4.69) is 21.2 Å². The molecule has 0 aliphatic carbocycles. The molecule has 1 N–H and O–H groups in total. The summed E-state index contributed by atoms with van der Waals surface area (Å²) in [6.45, 7) is -0.220. The van der Waals surface area contributed by atoms with E-state index in [9.17, 15) is 9.18 Å². The summed E-state index contributed by atoms with van der Waals surface area (Å²) in [7, 11) is 0. The topological polar surface area (TPSA) is 38.3 Å². The molecule has 0 fully saturated rings. The first-order valence-electron chi connectivity index (χ1n) is 5.68. The molecular formula is C14H10BrClFNO2. The number of benzene rings is 2. The van der Waals surface area contributed by atoms with Crippen molar-refractivity contribution in [3.8, 4) is 5.75 Å². The van der Waals surface area contributed by atoms with Gasteiger partial charge in [0.2, 0.25) is 0 Å². The van der Waals surface area contributed by atoms with Gasteiger partial charge in [-0.3, -0.25) is 4.79 Å². The Balaban J connectivity index is 1.94. The highest BCUT2D eigenvalue weighted by atomic mass is 79.9. The van der Waals surface area contributed by atoms with Gasteiger partial charge in [-0.15, -0.1) is 0 Å². The first kappa shape index (κ1) is 14.8. The SMILES string of the molecule is O=C(COc1cccc(Br)c1)Nc1cccc(Cl)c1F. The largest absolute Gasteiger partial charge is 0.484 e. The lowest BCUT2D eigenvalue weighted by Gasteiger charge is -2.09. The summed E-state index contributed by atoms with van der Waals surface area (Å²) in [6.07, 6.45) is 0. The maximum atomic E-state index is 13.6. The van der Waals surface area contributed by atoms with Crippen LogP contribution in [-0.4, -0.2) is 12.5 Å². The van der Waals surface area contributed by atoms with Gasteiger partial charge in [0.1, 0.15) is 5.75 Å². The van der Waals surface area contributed by atoms with Crippen molar-refractivity contribution >= 4 is 39.1 Å². The Bertz CT molecular complexity index is 636. The number of hydrogen-bond donors (Lipinski definition) is 1. The summed E-state index contributed by atoms with van der Waals surface area (Å²) >= 11 is 8.92. The molecule has 6 heteroatoms. The average Bonchev–Trinajstić information content (AvgIpc) is 2.42. The van der Waals surface area contributed by atoms with Crippen LogP contribution in [0.3, 0.4) is 0 Å². The summed E-state index contributed by atoms with van der Waals surface area (Å²) < 4.78 is 19.7. The molecule has 0 saturated heterocycles. The van der Waals surface area contributed by atoms with Crippen LogP contribution in [0.15, 0.2) is 46.9 Å².